The molecule has 0 aromatic rings. The lowest BCUT2D eigenvalue weighted by Gasteiger charge is -2.42. The van der Waals surface area contributed by atoms with Crippen molar-refractivity contribution >= 4 is 0 Å². The van der Waals surface area contributed by atoms with E-state index in [0.717, 1.165) is 32.7 Å². The van der Waals surface area contributed by atoms with E-state index in [1.165, 1.54) is 6.42 Å². The molecule has 1 fully saturated rings. The van der Waals surface area contributed by atoms with Crippen molar-refractivity contribution in [3.8, 4) is 0 Å². The van der Waals surface area contributed by atoms with Crippen LogP contribution in [0.3, 0.4) is 0 Å². The zero-order chi connectivity index (χ0) is 14.5. The van der Waals surface area contributed by atoms with Crippen molar-refractivity contribution in [2.75, 3.05) is 40.0 Å². The molecule has 2 atom stereocenters. The molecule has 4 heteroatoms. The van der Waals surface area contributed by atoms with Gasteiger partial charge in [0.25, 0.3) is 0 Å². The first kappa shape index (κ1) is 16.9. The van der Waals surface area contributed by atoms with E-state index >= 15 is 0 Å². The summed E-state index contributed by atoms with van der Waals surface area (Å²) >= 11 is 0. The second-order valence-electron chi connectivity index (χ2n) is 7.21. The third-order valence-electron chi connectivity index (χ3n) is 4.00. The van der Waals surface area contributed by atoms with Gasteiger partial charge < -0.3 is 20.1 Å². The van der Waals surface area contributed by atoms with Crippen molar-refractivity contribution in [1.82, 2.24) is 10.2 Å². The molecule has 0 aromatic carbocycles. The molecule has 19 heavy (non-hydrogen) atoms. The van der Waals surface area contributed by atoms with E-state index in [0.29, 0.717) is 0 Å². The highest BCUT2D eigenvalue weighted by Crippen LogP contribution is 2.30. The van der Waals surface area contributed by atoms with Crippen LogP contribution in [-0.4, -0.2) is 61.5 Å². The van der Waals surface area contributed by atoms with Gasteiger partial charge in [-0.05, 0) is 47.6 Å². The molecule has 4 nitrogen and oxygen atoms in total. The van der Waals surface area contributed by atoms with Gasteiger partial charge in [0.1, 0.15) is 0 Å². The second kappa shape index (κ2) is 7.02. The molecule has 0 aliphatic carbocycles. The van der Waals surface area contributed by atoms with Crippen LogP contribution in [0, 0.1) is 5.41 Å². The zero-order valence-corrected chi connectivity index (χ0v) is 13.3. The number of hydrogen-bond donors (Lipinski definition) is 2. The van der Waals surface area contributed by atoms with E-state index < -0.39 is 0 Å². The lowest BCUT2D eigenvalue weighted by atomic mass is 9.81. The highest BCUT2D eigenvalue weighted by atomic mass is 16.5. The van der Waals surface area contributed by atoms with Gasteiger partial charge in [-0.25, -0.2) is 0 Å². The van der Waals surface area contributed by atoms with Gasteiger partial charge in [0.15, 0.2) is 0 Å². The summed E-state index contributed by atoms with van der Waals surface area (Å²) in [6.07, 6.45) is 2.33. The number of hydrogen-bond acceptors (Lipinski definition) is 4. The molecule has 0 aromatic heterocycles. The quantitative estimate of drug-likeness (QED) is 0.769. The van der Waals surface area contributed by atoms with Crippen molar-refractivity contribution in [3.05, 3.63) is 0 Å². The number of ether oxygens (including phenoxy) is 1. The molecule has 1 rings (SSSR count). The maximum absolute atomic E-state index is 9.29. The molecule has 2 unspecified atom stereocenters. The molecule has 1 heterocycles. The van der Waals surface area contributed by atoms with E-state index in [4.69, 9.17) is 4.74 Å². The highest BCUT2D eigenvalue weighted by Gasteiger charge is 2.35. The minimum atomic E-state index is 0.131. The molecular weight excluding hydrogens is 240 g/mol. The van der Waals surface area contributed by atoms with Gasteiger partial charge in [-0.15, -0.1) is 0 Å². The molecule has 0 amide bonds. The summed E-state index contributed by atoms with van der Waals surface area (Å²) < 4.78 is 5.74. The SMILES string of the molecule is CC(CO)N(C)CC1(CNC(C)(C)C)CCCOC1. The monoisotopic (exact) mass is 272 g/mol. The summed E-state index contributed by atoms with van der Waals surface area (Å²) in [5, 5.41) is 12.9. The fraction of sp³-hybridized carbons (Fsp3) is 1.00. The van der Waals surface area contributed by atoms with Crippen LogP contribution in [0.4, 0.5) is 0 Å². The molecule has 1 aliphatic heterocycles. The maximum Gasteiger partial charge on any atom is 0.0584 e. The first-order chi connectivity index (χ1) is 8.78. The Bertz CT molecular complexity index is 257. The molecule has 0 spiro atoms. The average molecular weight is 272 g/mol. The molecule has 1 saturated heterocycles. The maximum atomic E-state index is 9.29. The Kier molecular flexibility index (Phi) is 6.24. The van der Waals surface area contributed by atoms with Gasteiger partial charge in [0.2, 0.25) is 0 Å². The van der Waals surface area contributed by atoms with Gasteiger partial charge in [0.05, 0.1) is 13.2 Å². The smallest absolute Gasteiger partial charge is 0.0584 e. The summed E-state index contributed by atoms with van der Waals surface area (Å²) in [5.41, 5.74) is 0.301. The molecule has 0 bridgehead atoms. The van der Waals surface area contributed by atoms with Crippen LogP contribution in [0.1, 0.15) is 40.5 Å². The Balaban J connectivity index is 2.64. The number of aliphatic hydroxyl groups excluding tert-OH is 1. The summed E-state index contributed by atoms with van der Waals surface area (Å²) in [6.45, 7) is 12.5. The zero-order valence-electron chi connectivity index (χ0n) is 13.3. The summed E-state index contributed by atoms with van der Waals surface area (Å²) in [6, 6.07) is 0.202. The topological polar surface area (TPSA) is 44.7 Å². The van der Waals surface area contributed by atoms with Crippen LogP contribution < -0.4 is 5.32 Å². The van der Waals surface area contributed by atoms with Gasteiger partial charge in [0, 0.05) is 36.7 Å². The van der Waals surface area contributed by atoms with Crippen molar-refractivity contribution in [1.29, 1.82) is 0 Å². The van der Waals surface area contributed by atoms with Crippen LogP contribution in [0.15, 0.2) is 0 Å². The van der Waals surface area contributed by atoms with Crippen molar-refractivity contribution < 1.29 is 9.84 Å². The van der Waals surface area contributed by atoms with Gasteiger partial charge >= 0.3 is 0 Å². The van der Waals surface area contributed by atoms with Crippen LogP contribution >= 0.6 is 0 Å². The summed E-state index contributed by atoms with van der Waals surface area (Å²) in [5.74, 6) is 0. The van der Waals surface area contributed by atoms with Crippen LogP contribution in [0.25, 0.3) is 0 Å². The first-order valence-corrected chi connectivity index (χ1v) is 7.42. The summed E-state index contributed by atoms with van der Waals surface area (Å²) in [7, 11) is 2.09. The fourth-order valence-corrected chi connectivity index (χ4v) is 2.51. The van der Waals surface area contributed by atoms with Gasteiger partial charge in [-0.3, -0.25) is 0 Å². The molecule has 2 N–H and O–H groups in total. The molecule has 0 saturated carbocycles. The predicted octanol–water partition coefficient (Wildman–Crippen LogP) is 1.48. The lowest BCUT2D eigenvalue weighted by molar-refractivity contribution is -0.0328. The fourth-order valence-electron chi connectivity index (χ4n) is 2.51. The van der Waals surface area contributed by atoms with Crippen molar-refractivity contribution in [2.45, 2.75) is 52.1 Å². The average Bonchev–Trinajstić information content (AvgIpc) is 2.36. The molecule has 0 radical (unpaired) electrons. The second-order valence-corrected chi connectivity index (χ2v) is 7.21. The van der Waals surface area contributed by atoms with Crippen molar-refractivity contribution in [2.24, 2.45) is 5.41 Å². The van der Waals surface area contributed by atoms with E-state index in [1.54, 1.807) is 0 Å². The number of likely N-dealkylation sites (N-methyl/N-ethyl adjacent to an activating group) is 1. The predicted molar refractivity (Wildman–Crippen MR) is 79.4 cm³/mol. The Morgan fingerprint density at radius 1 is 1.42 bits per heavy atom. The number of nitrogens with zero attached hydrogens (tertiary/aromatic N) is 1. The molecular formula is C15H32N2O2. The Morgan fingerprint density at radius 3 is 2.58 bits per heavy atom. The Labute approximate surface area is 118 Å². The molecule has 114 valence electrons. The van der Waals surface area contributed by atoms with Crippen LogP contribution in [0.2, 0.25) is 0 Å². The standard InChI is InChI=1S/C15H32N2O2/c1-13(9-18)17(5)11-15(7-6-8-19-12-15)10-16-14(2,3)4/h13,16,18H,6-12H2,1-5H3. The van der Waals surface area contributed by atoms with E-state index in [1.807, 2.05) is 0 Å². The number of rotatable bonds is 6. The lowest BCUT2D eigenvalue weighted by Crippen LogP contribution is -2.53. The van der Waals surface area contributed by atoms with Gasteiger partial charge in [-0.2, -0.15) is 0 Å². The highest BCUT2D eigenvalue weighted by molar-refractivity contribution is 4.89. The van der Waals surface area contributed by atoms with Crippen LogP contribution in [-0.2, 0) is 4.74 Å². The third kappa shape index (κ3) is 5.78. The minimum absolute atomic E-state index is 0.131. The molecule has 1 aliphatic rings. The van der Waals surface area contributed by atoms with Crippen LogP contribution in [0.5, 0.6) is 0 Å². The largest absolute Gasteiger partial charge is 0.395 e. The number of aliphatic hydroxyl groups is 1. The summed E-state index contributed by atoms with van der Waals surface area (Å²) in [4.78, 5) is 2.25. The van der Waals surface area contributed by atoms with E-state index in [9.17, 15) is 5.11 Å². The Hall–Kier alpha value is -0.160. The minimum Gasteiger partial charge on any atom is -0.395 e. The van der Waals surface area contributed by atoms with E-state index in [2.05, 4.69) is 45.0 Å². The Morgan fingerprint density at radius 2 is 2.11 bits per heavy atom. The first-order valence-electron chi connectivity index (χ1n) is 7.42. The van der Waals surface area contributed by atoms with Crippen molar-refractivity contribution in [3.63, 3.8) is 0 Å². The number of nitrogens with one attached hydrogen (secondary N) is 1. The van der Waals surface area contributed by atoms with Gasteiger partial charge in [-0.1, -0.05) is 0 Å². The third-order valence-corrected chi connectivity index (χ3v) is 4.00. The normalized spacial score (nSPS) is 26.7. The van der Waals surface area contributed by atoms with E-state index in [-0.39, 0.29) is 23.6 Å².